The van der Waals surface area contributed by atoms with Crippen LogP contribution in [0.3, 0.4) is 0 Å². The quantitative estimate of drug-likeness (QED) is 0.00784. The van der Waals surface area contributed by atoms with Crippen LogP contribution in [0.5, 0.6) is 17.2 Å². The van der Waals surface area contributed by atoms with Crippen molar-refractivity contribution in [2.75, 3.05) is 48.8 Å². The molecule has 5 aromatic rings. The van der Waals surface area contributed by atoms with E-state index in [2.05, 4.69) is 26.2 Å². The normalized spacial score (nSPS) is 25.0. The second-order valence-electron chi connectivity index (χ2n) is 27.5. The number of unbranched alkanes of at least 4 members (excludes halogenated alkanes) is 2. The number of nitrogens with one attached hydrogen (secondary N) is 4. The van der Waals surface area contributed by atoms with Crippen LogP contribution < -0.4 is 46.8 Å². The number of aromatic hydroxyl groups is 1. The minimum Gasteiger partial charge on any atom is -0.505 e. The zero-order valence-electron chi connectivity index (χ0n) is 58.2. The summed E-state index contributed by atoms with van der Waals surface area (Å²) in [6.07, 6.45) is 9.23. The molecule has 26 heteroatoms. The van der Waals surface area contributed by atoms with Gasteiger partial charge in [-0.2, -0.15) is 0 Å². The summed E-state index contributed by atoms with van der Waals surface area (Å²) in [7, 11) is 1.42. The number of rotatable bonds is 22. The molecule has 1 fully saturated rings. The minimum absolute atomic E-state index is 0.0733. The summed E-state index contributed by atoms with van der Waals surface area (Å²) >= 11 is 0. The summed E-state index contributed by atoms with van der Waals surface area (Å²) in [6, 6.07) is 9.77. The monoisotopic (exact) mass is 1380 g/mol. The predicted molar refractivity (Wildman–Crippen MR) is 374 cm³/mol. The van der Waals surface area contributed by atoms with E-state index in [1.807, 2.05) is 6.07 Å². The fourth-order valence-electron chi connectivity index (χ4n) is 13.5. The van der Waals surface area contributed by atoms with Gasteiger partial charge in [0.25, 0.3) is 17.6 Å². The van der Waals surface area contributed by atoms with Gasteiger partial charge in [0, 0.05) is 136 Å². The number of nitrogens with zero attached hydrogens (tertiary/aromatic N) is 3. The van der Waals surface area contributed by atoms with Gasteiger partial charge >= 0.3 is 11.8 Å². The summed E-state index contributed by atoms with van der Waals surface area (Å²) in [5, 5.41) is 57.6. The third-order valence-corrected chi connectivity index (χ3v) is 19.7. The lowest BCUT2D eigenvalue weighted by atomic mass is 9.78. The van der Waals surface area contributed by atoms with Gasteiger partial charge in [-0.3, -0.25) is 43.3 Å². The first-order chi connectivity index (χ1) is 47.6. The zero-order valence-corrected chi connectivity index (χ0v) is 58.2. The summed E-state index contributed by atoms with van der Waals surface area (Å²) in [4.78, 5) is 129. The van der Waals surface area contributed by atoms with E-state index < -0.39 is 107 Å². The summed E-state index contributed by atoms with van der Waals surface area (Å²) in [6.45, 7) is 15.1. The number of benzene rings is 4. The van der Waals surface area contributed by atoms with Crippen LogP contribution in [0.4, 0.5) is 21.9 Å². The number of hydrogen-bond donors (Lipinski definition) is 9. The van der Waals surface area contributed by atoms with Crippen molar-refractivity contribution in [1.29, 1.82) is 0 Å². The number of piperidine rings is 1. The van der Waals surface area contributed by atoms with Gasteiger partial charge in [-0.1, -0.05) is 79.2 Å². The largest absolute Gasteiger partial charge is 0.505 e. The molecule has 0 aliphatic carbocycles. The number of nitrogens with two attached hydrogens (primary N) is 1. The van der Waals surface area contributed by atoms with Crippen molar-refractivity contribution in [1.82, 2.24) is 20.5 Å². The number of urea groups is 1. The lowest BCUT2D eigenvalue weighted by Crippen LogP contribution is -2.45. The average molecular weight is 1380 g/mol. The summed E-state index contributed by atoms with van der Waals surface area (Å²) in [5.74, 6) is -10.7. The Bertz CT molecular complexity index is 4030. The average Bonchev–Trinajstić information content (AvgIpc) is 1.29. The Morgan fingerprint density at radius 1 is 0.840 bits per heavy atom. The molecule has 1 saturated heterocycles. The Balaban J connectivity index is 1.02. The third kappa shape index (κ3) is 17.1. The molecule has 10 N–H and O–H groups in total. The van der Waals surface area contributed by atoms with Crippen LogP contribution in [0.15, 0.2) is 88.3 Å². The molecule has 4 aromatic carbocycles. The maximum atomic E-state index is 15.1. The molecule has 9 rings (SSSR count). The van der Waals surface area contributed by atoms with Crippen LogP contribution in [0, 0.1) is 41.4 Å². The van der Waals surface area contributed by atoms with Gasteiger partial charge in [-0.15, -0.1) is 0 Å². The van der Waals surface area contributed by atoms with Gasteiger partial charge in [0.15, 0.2) is 33.9 Å². The van der Waals surface area contributed by atoms with E-state index in [9.17, 15) is 58.8 Å². The van der Waals surface area contributed by atoms with E-state index in [-0.39, 0.29) is 131 Å². The van der Waals surface area contributed by atoms with E-state index in [1.54, 1.807) is 91.0 Å². The Morgan fingerprint density at radius 2 is 1.53 bits per heavy atom. The first-order valence-corrected chi connectivity index (χ1v) is 34.5. The Morgan fingerprint density at radius 3 is 2.21 bits per heavy atom. The summed E-state index contributed by atoms with van der Waals surface area (Å²) < 4.78 is 31.6. The first kappa shape index (κ1) is 75.0. The van der Waals surface area contributed by atoms with E-state index >= 15 is 4.79 Å². The number of amides is 7. The number of ether oxygens (including phenoxy) is 4. The molecule has 4 aliphatic heterocycles. The number of Topliss-reactive ketones (excluding diaryl/α,β-unsaturated/α-hetero) is 2. The zero-order chi connectivity index (χ0) is 72.4. The molecule has 0 spiro atoms. The molecule has 0 saturated carbocycles. The van der Waals surface area contributed by atoms with Crippen molar-refractivity contribution in [3.8, 4) is 17.2 Å². The molecule has 538 valence electrons. The van der Waals surface area contributed by atoms with E-state index in [4.69, 9.17) is 34.1 Å². The minimum atomic E-state index is -2.13. The van der Waals surface area contributed by atoms with Crippen LogP contribution in [-0.4, -0.2) is 147 Å². The smallest absolute Gasteiger partial charge is 0.312 e. The maximum absolute atomic E-state index is 15.1. The lowest BCUT2D eigenvalue weighted by Gasteiger charge is -2.36. The van der Waals surface area contributed by atoms with Crippen LogP contribution in [0.25, 0.3) is 33.0 Å². The van der Waals surface area contributed by atoms with Crippen molar-refractivity contribution < 1.29 is 82.1 Å². The number of allylic oxidation sites excluding steroid dienone is 1. The highest BCUT2D eigenvalue weighted by Gasteiger charge is 2.49. The number of fused-ring (bicyclic) bond motifs is 2. The van der Waals surface area contributed by atoms with Crippen LogP contribution in [0.2, 0.25) is 0 Å². The number of phenols is 1. The number of ketones is 2. The van der Waals surface area contributed by atoms with E-state index in [0.717, 1.165) is 30.2 Å². The molecular weight excluding hydrogens is 1290 g/mol. The molecule has 4 bridgehead atoms. The predicted octanol–water partition coefficient (Wildman–Crippen LogP) is 8.36. The third-order valence-electron chi connectivity index (χ3n) is 19.7. The number of carbonyl (C=O) groups is 8. The number of aliphatic hydroxyl groups is 3. The van der Waals surface area contributed by atoms with Gasteiger partial charge in [-0.25, -0.2) is 9.78 Å². The maximum Gasteiger partial charge on any atom is 0.312 e. The van der Waals surface area contributed by atoms with Gasteiger partial charge in [0.05, 0.1) is 47.7 Å². The molecule has 26 nitrogen and oxygen atoms in total. The highest BCUT2D eigenvalue weighted by atomic mass is 16.7. The van der Waals surface area contributed by atoms with E-state index in [0.29, 0.717) is 55.7 Å². The van der Waals surface area contributed by atoms with Gasteiger partial charge in [0.2, 0.25) is 17.7 Å². The number of aromatic nitrogens is 1. The number of aliphatic hydroxyl groups excluding tert-OH is 3. The lowest BCUT2D eigenvalue weighted by molar-refractivity contribution is -0.137. The van der Waals surface area contributed by atoms with Crippen molar-refractivity contribution >= 4 is 97.2 Å². The molecule has 1 aromatic heterocycles. The number of phenolic OH excluding ortho intramolecular Hbond substituents is 1. The first-order valence-electron chi connectivity index (χ1n) is 34.5. The molecule has 12 atom stereocenters. The number of hydrogen-bond acceptors (Lipinski definition) is 20. The highest BCUT2D eigenvalue weighted by molar-refractivity contribution is 6.26. The molecule has 4 aliphatic rings. The van der Waals surface area contributed by atoms with Crippen LogP contribution in [0.1, 0.15) is 142 Å². The SMILES string of the molecule is CO[C@H]1/C=C/O[C@@]2(C)Oc3cc(=O)c4c(O)c(c5oc6cc(N7CCCCC7)cc(OCc7ccc(NC(=O)[C@H](CCCNC(N)=O)CC(=O)[C@@H](NC(=O)CCCCCN8C(=O)C=CC8=O)C(C)C)cc7)c6nc5c4c3C2=O)NC(=O)C(C)C/C=C/[C@H](C)[C@H](O)[C@@H](C)[C@@H](O)[C@@H](C)[C@H](O)[C@@H]1C. The van der Waals surface area contributed by atoms with Gasteiger partial charge in [-0.05, 0) is 81.1 Å². The summed E-state index contributed by atoms with van der Waals surface area (Å²) in [5.41, 5.74) is 5.71. The fourth-order valence-corrected chi connectivity index (χ4v) is 13.5. The second kappa shape index (κ2) is 32.8. The molecule has 7 amide bonds. The molecule has 0 radical (unpaired) electrons. The highest BCUT2D eigenvalue weighted by Crippen LogP contribution is 2.48. The van der Waals surface area contributed by atoms with Crippen molar-refractivity contribution in [2.24, 2.45) is 47.2 Å². The Hall–Kier alpha value is -9.24. The molecule has 100 heavy (non-hydrogen) atoms. The molecular formula is C74H94N8O18. The number of methoxy groups -OCH3 is 1. The number of anilines is 3. The van der Waals surface area contributed by atoms with Crippen LogP contribution in [-0.2, 0) is 44.8 Å². The van der Waals surface area contributed by atoms with E-state index in [1.165, 1.54) is 38.5 Å². The number of imide groups is 1. The van der Waals surface area contributed by atoms with Crippen molar-refractivity contribution in [2.45, 2.75) is 169 Å². The van der Waals surface area contributed by atoms with Crippen LogP contribution >= 0.6 is 0 Å². The number of primary amides is 1. The number of carbonyl (C=O) groups excluding carboxylic acids is 8. The standard InChI is InChI=1S/C74H94N8O18/c1-39(2)61(78-55(85)21-12-10-15-32-82-56(86)26-27-57(82)87)50(84)34-46(20-17-29-76-73(75)95)72(94)77-47-24-22-45(23-25-47)38-97-53-35-48(81-30-13-11-14-31-81)36-54-62(53)79-63-60-58-49(83)37-52-59(60)70(92)74(8,100-52)98-33-28-51(96-9)42(5)66(89)44(7)67(90)43(6)65(88)40(3)18-16-19-41(4)71(93)80-64(68(58)91)69(63)99-54/h16,18,22-28,33,35-37,39-44,46,51,61,65-67,88-91H,10-15,17,19-21,29-32,34,38H2,1-9H3,(H,77,94)(H,78,85)(H,80,93)(H3,75,76,95)/b18-16+,33-28+/t40-,41?,42+,43+,44-,46+,51-,61-,65-,66+,67+,74-/m0/s1. The molecule has 5 heterocycles. The Labute approximate surface area is 580 Å². The van der Waals surface area contributed by atoms with Gasteiger partial charge in [0.1, 0.15) is 29.1 Å². The fraction of sp³-hybridized carbons (Fsp3) is 0.514. The van der Waals surface area contributed by atoms with Crippen molar-refractivity contribution in [3.05, 3.63) is 100 Å². The van der Waals surface area contributed by atoms with Gasteiger partial charge < -0.3 is 75.7 Å². The topological polar surface area (TPSA) is 378 Å². The Kier molecular flexibility index (Phi) is 24.6. The van der Waals surface area contributed by atoms with Crippen molar-refractivity contribution in [3.63, 3.8) is 0 Å². The second-order valence-corrected chi connectivity index (χ2v) is 27.5. The molecule has 1 unspecified atom stereocenters.